The van der Waals surface area contributed by atoms with Crippen LogP contribution in [0.15, 0.2) is 30.5 Å². The molecule has 0 aliphatic carbocycles. The summed E-state index contributed by atoms with van der Waals surface area (Å²) in [6.45, 7) is 2.48. The zero-order valence-electron chi connectivity index (χ0n) is 11.6. The van der Waals surface area contributed by atoms with E-state index in [1.54, 1.807) is 6.20 Å². The number of imidazole rings is 1. The maximum Gasteiger partial charge on any atom is 0.125 e. The molecule has 0 spiro atoms. The molecule has 6 heteroatoms. The minimum atomic E-state index is 0.518. The Labute approximate surface area is 132 Å². The van der Waals surface area contributed by atoms with Gasteiger partial charge in [-0.1, -0.05) is 17.7 Å². The molecule has 21 heavy (non-hydrogen) atoms. The van der Waals surface area contributed by atoms with E-state index in [0.717, 1.165) is 28.4 Å². The van der Waals surface area contributed by atoms with Crippen LogP contribution in [0.1, 0.15) is 17.3 Å². The van der Waals surface area contributed by atoms with E-state index in [2.05, 4.69) is 19.5 Å². The molecule has 0 amide bonds. The lowest BCUT2D eigenvalue weighted by Gasteiger charge is -2.09. The molecule has 0 saturated carbocycles. The van der Waals surface area contributed by atoms with Crippen LogP contribution >= 0.6 is 23.2 Å². The number of alkyl halides is 1. The van der Waals surface area contributed by atoms with Crippen molar-refractivity contribution in [3.63, 3.8) is 0 Å². The molecule has 0 saturated heterocycles. The Balaban J connectivity index is 2.12. The molecule has 0 radical (unpaired) electrons. The molecule has 4 nitrogen and oxygen atoms in total. The van der Waals surface area contributed by atoms with E-state index >= 15 is 0 Å². The summed E-state index contributed by atoms with van der Waals surface area (Å²) >= 11 is 12.2. The molecule has 0 N–H and O–H groups in total. The molecule has 1 aromatic carbocycles. The quantitative estimate of drug-likeness (QED) is 0.689. The number of fused-ring (bicyclic) bond motifs is 1. The summed E-state index contributed by atoms with van der Waals surface area (Å²) in [5.74, 6) is 2.19. The van der Waals surface area contributed by atoms with E-state index in [0.29, 0.717) is 23.9 Å². The predicted octanol–water partition coefficient (Wildman–Crippen LogP) is 3.62. The van der Waals surface area contributed by atoms with Gasteiger partial charge in [-0.3, -0.25) is 0 Å². The molecular formula is C15H14Cl2N4. The number of nitrogens with zero attached hydrogens (tertiary/aromatic N) is 4. The topological polar surface area (TPSA) is 43.6 Å². The highest BCUT2D eigenvalue weighted by atomic mass is 35.5. The van der Waals surface area contributed by atoms with Crippen LogP contribution in [0.5, 0.6) is 0 Å². The van der Waals surface area contributed by atoms with Crippen molar-refractivity contribution in [2.75, 3.05) is 5.88 Å². The van der Waals surface area contributed by atoms with Crippen LogP contribution in [0.25, 0.3) is 11.0 Å². The summed E-state index contributed by atoms with van der Waals surface area (Å²) in [6.07, 6.45) is 2.45. The summed E-state index contributed by atoms with van der Waals surface area (Å²) < 4.78 is 2.09. The minimum absolute atomic E-state index is 0.518. The van der Waals surface area contributed by atoms with Crippen LogP contribution < -0.4 is 0 Å². The van der Waals surface area contributed by atoms with Crippen molar-refractivity contribution < 1.29 is 0 Å². The van der Waals surface area contributed by atoms with Crippen molar-refractivity contribution in [2.24, 2.45) is 0 Å². The van der Waals surface area contributed by atoms with Crippen LogP contribution in [0.2, 0.25) is 5.02 Å². The fourth-order valence-electron chi connectivity index (χ4n) is 2.39. The van der Waals surface area contributed by atoms with E-state index in [-0.39, 0.29) is 0 Å². The van der Waals surface area contributed by atoms with Gasteiger partial charge in [0.25, 0.3) is 0 Å². The molecule has 2 aromatic heterocycles. The van der Waals surface area contributed by atoms with Crippen molar-refractivity contribution in [3.8, 4) is 0 Å². The molecule has 108 valence electrons. The Morgan fingerprint density at radius 2 is 2.05 bits per heavy atom. The van der Waals surface area contributed by atoms with Gasteiger partial charge in [0.05, 0.1) is 28.3 Å². The fraction of sp³-hybridized carbons (Fsp3) is 0.267. The maximum atomic E-state index is 6.35. The minimum Gasteiger partial charge on any atom is -0.321 e. The first-order chi connectivity index (χ1) is 10.2. The highest BCUT2D eigenvalue weighted by Gasteiger charge is 2.13. The second-order valence-electron chi connectivity index (χ2n) is 4.76. The van der Waals surface area contributed by atoms with Crippen LogP contribution in [0.4, 0.5) is 0 Å². The van der Waals surface area contributed by atoms with Crippen molar-refractivity contribution in [3.05, 3.63) is 52.8 Å². The lowest BCUT2D eigenvalue weighted by atomic mass is 10.3. The van der Waals surface area contributed by atoms with Gasteiger partial charge in [0.15, 0.2) is 0 Å². The summed E-state index contributed by atoms with van der Waals surface area (Å²) in [4.78, 5) is 13.2. The largest absolute Gasteiger partial charge is 0.321 e. The molecule has 0 atom stereocenters. The van der Waals surface area contributed by atoms with Crippen LogP contribution in [-0.4, -0.2) is 25.4 Å². The Bertz CT molecular complexity index is 782. The molecule has 0 unspecified atom stereocenters. The van der Waals surface area contributed by atoms with Gasteiger partial charge in [-0.15, -0.1) is 11.6 Å². The van der Waals surface area contributed by atoms with Gasteiger partial charge in [0, 0.05) is 18.5 Å². The number of aromatic nitrogens is 4. The third-order valence-corrected chi connectivity index (χ3v) is 3.76. The average Bonchev–Trinajstić information content (AvgIpc) is 2.79. The Morgan fingerprint density at radius 3 is 2.81 bits per heavy atom. The summed E-state index contributed by atoms with van der Waals surface area (Å²) in [5.41, 5.74) is 2.74. The molecule has 2 heterocycles. The zero-order valence-corrected chi connectivity index (χ0v) is 13.1. The standard InChI is InChI=1S/C15H14Cl2N4/c1-10-18-8-6-11(19-10)9-21-14(5-7-16)20-13-4-2-3-12(17)15(13)21/h2-4,6,8H,5,7,9H2,1H3. The van der Waals surface area contributed by atoms with E-state index in [4.69, 9.17) is 23.2 Å². The van der Waals surface area contributed by atoms with Gasteiger partial charge in [0.1, 0.15) is 11.6 Å². The number of halogens is 2. The lowest BCUT2D eigenvalue weighted by molar-refractivity contribution is 0.731. The zero-order chi connectivity index (χ0) is 14.8. The van der Waals surface area contributed by atoms with Crippen molar-refractivity contribution in [1.29, 1.82) is 0 Å². The first kappa shape index (κ1) is 14.3. The van der Waals surface area contributed by atoms with E-state index in [9.17, 15) is 0 Å². The van der Waals surface area contributed by atoms with Crippen LogP contribution in [0.3, 0.4) is 0 Å². The Kier molecular flexibility index (Phi) is 4.08. The fourth-order valence-corrected chi connectivity index (χ4v) is 2.83. The van der Waals surface area contributed by atoms with Gasteiger partial charge >= 0.3 is 0 Å². The molecule has 0 aliphatic rings. The summed E-state index contributed by atoms with van der Waals surface area (Å²) in [6, 6.07) is 7.64. The molecule has 3 aromatic rings. The highest BCUT2D eigenvalue weighted by molar-refractivity contribution is 6.35. The van der Waals surface area contributed by atoms with Gasteiger partial charge in [-0.05, 0) is 25.1 Å². The Morgan fingerprint density at radius 1 is 1.19 bits per heavy atom. The summed E-state index contributed by atoms with van der Waals surface area (Å²) in [5, 5.41) is 0.687. The second-order valence-corrected chi connectivity index (χ2v) is 5.54. The van der Waals surface area contributed by atoms with Gasteiger partial charge < -0.3 is 4.57 Å². The molecule has 0 bridgehead atoms. The Hall–Kier alpha value is -1.65. The normalized spacial score (nSPS) is 11.2. The average molecular weight is 321 g/mol. The number of hydrogen-bond acceptors (Lipinski definition) is 3. The van der Waals surface area contributed by atoms with Crippen molar-refractivity contribution in [2.45, 2.75) is 19.9 Å². The number of aryl methyl sites for hydroxylation is 2. The number of rotatable bonds is 4. The van der Waals surface area contributed by atoms with Crippen molar-refractivity contribution >= 4 is 34.2 Å². The SMILES string of the molecule is Cc1nccc(Cn2c(CCCl)nc3cccc(Cl)c32)n1. The molecule has 0 aliphatic heterocycles. The molecular weight excluding hydrogens is 307 g/mol. The van der Waals surface area contributed by atoms with Gasteiger partial charge in [-0.25, -0.2) is 15.0 Å². The maximum absolute atomic E-state index is 6.35. The number of para-hydroxylation sites is 1. The van der Waals surface area contributed by atoms with Crippen LogP contribution in [-0.2, 0) is 13.0 Å². The second kappa shape index (κ2) is 6.00. The van der Waals surface area contributed by atoms with E-state index in [1.807, 2.05) is 31.2 Å². The monoisotopic (exact) mass is 320 g/mol. The van der Waals surface area contributed by atoms with E-state index in [1.165, 1.54) is 0 Å². The van der Waals surface area contributed by atoms with Gasteiger partial charge in [-0.2, -0.15) is 0 Å². The number of hydrogen-bond donors (Lipinski definition) is 0. The predicted molar refractivity (Wildman–Crippen MR) is 85.0 cm³/mol. The van der Waals surface area contributed by atoms with E-state index < -0.39 is 0 Å². The molecule has 3 rings (SSSR count). The third-order valence-electron chi connectivity index (χ3n) is 3.27. The van der Waals surface area contributed by atoms with Crippen molar-refractivity contribution in [1.82, 2.24) is 19.5 Å². The summed E-state index contributed by atoms with van der Waals surface area (Å²) in [7, 11) is 0. The number of benzene rings is 1. The highest BCUT2D eigenvalue weighted by Crippen LogP contribution is 2.25. The smallest absolute Gasteiger partial charge is 0.125 e. The van der Waals surface area contributed by atoms with Crippen LogP contribution in [0, 0.1) is 6.92 Å². The first-order valence-electron chi connectivity index (χ1n) is 6.67. The molecule has 0 fully saturated rings. The third kappa shape index (κ3) is 2.87. The van der Waals surface area contributed by atoms with Gasteiger partial charge in [0.2, 0.25) is 0 Å². The lowest BCUT2D eigenvalue weighted by Crippen LogP contribution is -2.08. The first-order valence-corrected chi connectivity index (χ1v) is 7.58.